The molecule has 1 aliphatic heterocycles. The first-order valence-electron chi connectivity index (χ1n) is 5.95. The number of alkyl halides is 1. The topological polar surface area (TPSA) is 12.0 Å². The van der Waals surface area contributed by atoms with Gasteiger partial charge in [-0.3, -0.25) is 0 Å². The fourth-order valence-electron chi connectivity index (χ4n) is 2.28. The first-order chi connectivity index (χ1) is 8.16. The zero-order valence-electron chi connectivity index (χ0n) is 9.56. The van der Waals surface area contributed by atoms with E-state index >= 15 is 0 Å². The standard InChI is InChI=1S/C13H16ClF2N/c14-12-2-1-11(15)7-10(12)8-13(16)9-3-5-17-6-4-9/h1-2,7,9,13,17H,3-6,8H2. The lowest BCUT2D eigenvalue weighted by Gasteiger charge is -2.26. The van der Waals surface area contributed by atoms with Crippen LogP contribution in [0.5, 0.6) is 0 Å². The summed E-state index contributed by atoms with van der Waals surface area (Å²) in [6.07, 6.45) is 0.958. The van der Waals surface area contributed by atoms with E-state index in [-0.39, 0.29) is 18.2 Å². The molecule has 1 aromatic rings. The summed E-state index contributed by atoms with van der Waals surface area (Å²) in [4.78, 5) is 0. The lowest BCUT2D eigenvalue weighted by atomic mass is 9.89. The SMILES string of the molecule is Fc1ccc(Cl)c(CC(F)C2CCNCC2)c1. The van der Waals surface area contributed by atoms with Gasteiger partial charge in [0.25, 0.3) is 0 Å². The van der Waals surface area contributed by atoms with E-state index in [0.29, 0.717) is 10.6 Å². The van der Waals surface area contributed by atoms with Gasteiger partial charge in [-0.1, -0.05) is 11.6 Å². The van der Waals surface area contributed by atoms with Gasteiger partial charge in [-0.15, -0.1) is 0 Å². The number of piperidine rings is 1. The first-order valence-corrected chi connectivity index (χ1v) is 6.33. The molecule has 0 bridgehead atoms. The molecule has 0 spiro atoms. The number of halogens is 3. The molecular weight excluding hydrogens is 244 g/mol. The van der Waals surface area contributed by atoms with Gasteiger partial charge >= 0.3 is 0 Å². The van der Waals surface area contributed by atoms with Crippen LogP contribution in [-0.2, 0) is 6.42 Å². The molecule has 1 saturated heterocycles. The molecule has 0 amide bonds. The van der Waals surface area contributed by atoms with Crippen molar-refractivity contribution in [2.45, 2.75) is 25.4 Å². The second-order valence-corrected chi connectivity index (χ2v) is 4.95. The van der Waals surface area contributed by atoms with Crippen molar-refractivity contribution in [1.82, 2.24) is 5.32 Å². The molecule has 94 valence electrons. The van der Waals surface area contributed by atoms with Crippen LogP contribution >= 0.6 is 11.6 Å². The van der Waals surface area contributed by atoms with Gasteiger partial charge in [-0.05, 0) is 55.6 Å². The highest BCUT2D eigenvalue weighted by atomic mass is 35.5. The number of rotatable bonds is 3. The maximum absolute atomic E-state index is 14.1. The molecule has 1 aliphatic rings. The van der Waals surface area contributed by atoms with Gasteiger partial charge in [0.2, 0.25) is 0 Å². The highest BCUT2D eigenvalue weighted by Crippen LogP contribution is 2.26. The summed E-state index contributed by atoms with van der Waals surface area (Å²) >= 11 is 5.93. The molecule has 1 heterocycles. The Kier molecular flexibility index (Phi) is 4.35. The summed E-state index contributed by atoms with van der Waals surface area (Å²) in [5.74, 6) is -0.294. The van der Waals surface area contributed by atoms with Crippen molar-refractivity contribution >= 4 is 11.6 Å². The third kappa shape index (κ3) is 3.39. The molecule has 2 rings (SSSR count). The molecule has 0 aromatic heterocycles. The van der Waals surface area contributed by atoms with Crippen LogP contribution in [0.4, 0.5) is 8.78 Å². The van der Waals surface area contributed by atoms with Crippen LogP contribution in [0.15, 0.2) is 18.2 Å². The third-order valence-corrected chi connectivity index (χ3v) is 3.69. The lowest BCUT2D eigenvalue weighted by molar-refractivity contribution is 0.187. The van der Waals surface area contributed by atoms with E-state index in [4.69, 9.17) is 11.6 Å². The van der Waals surface area contributed by atoms with Crippen molar-refractivity contribution in [3.8, 4) is 0 Å². The van der Waals surface area contributed by atoms with E-state index < -0.39 is 6.17 Å². The number of hydrogen-bond acceptors (Lipinski definition) is 1. The fraction of sp³-hybridized carbons (Fsp3) is 0.538. The first kappa shape index (κ1) is 12.8. The Balaban J connectivity index is 2.01. The summed E-state index contributed by atoms with van der Waals surface area (Å²) in [7, 11) is 0. The van der Waals surface area contributed by atoms with Gasteiger partial charge < -0.3 is 5.32 Å². The maximum Gasteiger partial charge on any atom is 0.123 e. The molecule has 1 atom stereocenters. The second-order valence-electron chi connectivity index (χ2n) is 4.54. The van der Waals surface area contributed by atoms with E-state index in [1.165, 1.54) is 18.2 Å². The van der Waals surface area contributed by atoms with Crippen LogP contribution < -0.4 is 5.32 Å². The minimum Gasteiger partial charge on any atom is -0.317 e. The average molecular weight is 260 g/mol. The molecule has 0 aliphatic carbocycles. The second kappa shape index (κ2) is 5.78. The number of nitrogens with one attached hydrogen (secondary N) is 1. The minimum absolute atomic E-state index is 0.0654. The van der Waals surface area contributed by atoms with Crippen molar-refractivity contribution in [1.29, 1.82) is 0 Å². The van der Waals surface area contributed by atoms with E-state index in [1.54, 1.807) is 0 Å². The van der Waals surface area contributed by atoms with Gasteiger partial charge in [-0.2, -0.15) is 0 Å². The van der Waals surface area contributed by atoms with Crippen molar-refractivity contribution < 1.29 is 8.78 Å². The quantitative estimate of drug-likeness (QED) is 0.878. The Hall–Kier alpha value is -0.670. The van der Waals surface area contributed by atoms with Crippen LogP contribution in [0.3, 0.4) is 0 Å². The summed E-state index contributed by atoms with van der Waals surface area (Å²) in [6, 6.07) is 4.11. The minimum atomic E-state index is -0.934. The number of hydrogen-bond donors (Lipinski definition) is 1. The van der Waals surface area contributed by atoms with Crippen molar-refractivity contribution in [2.24, 2.45) is 5.92 Å². The van der Waals surface area contributed by atoms with E-state index in [0.717, 1.165) is 25.9 Å². The fourth-order valence-corrected chi connectivity index (χ4v) is 2.48. The summed E-state index contributed by atoms with van der Waals surface area (Å²) in [6.45, 7) is 1.73. The Morgan fingerprint density at radius 1 is 1.35 bits per heavy atom. The van der Waals surface area contributed by atoms with Crippen molar-refractivity contribution in [2.75, 3.05) is 13.1 Å². The van der Waals surface area contributed by atoms with E-state index in [1.807, 2.05) is 0 Å². The molecule has 4 heteroatoms. The van der Waals surface area contributed by atoms with Crippen LogP contribution in [0, 0.1) is 11.7 Å². The molecule has 1 unspecified atom stereocenters. The Bertz CT molecular complexity index is 378. The largest absolute Gasteiger partial charge is 0.317 e. The van der Waals surface area contributed by atoms with Gasteiger partial charge in [0.1, 0.15) is 12.0 Å². The Labute approximate surface area is 105 Å². The molecule has 1 nitrogen and oxygen atoms in total. The monoisotopic (exact) mass is 259 g/mol. The highest BCUT2D eigenvalue weighted by molar-refractivity contribution is 6.31. The Morgan fingerprint density at radius 3 is 2.76 bits per heavy atom. The molecule has 1 aromatic carbocycles. The smallest absolute Gasteiger partial charge is 0.123 e. The Morgan fingerprint density at radius 2 is 2.06 bits per heavy atom. The summed E-state index contributed by atoms with van der Waals surface area (Å²) in [5.41, 5.74) is 0.567. The summed E-state index contributed by atoms with van der Waals surface area (Å²) in [5, 5.41) is 3.65. The van der Waals surface area contributed by atoms with E-state index in [9.17, 15) is 8.78 Å². The predicted molar refractivity (Wildman–Crippen MR) is 65.6 cm³/mol. The van der Waals surface area contributed by atoms with Crippen molar-refractivity contribution in [3.05, 3.63) is 34.6 Å². The van der Waals surface area contributed by atoms with Gasteiger partial charge in [0, 0.05) is 11.4 Å². The molecule has 0 saturated carbocycles. The molecule has 1 N–H and O–H groups in total. The van der Waals surface area contributed by atoms with Gasteiger partial charge in [-0.25, -0.2) is 8.78 Å². The maximum atomic E-state index is 14.1. The van der Waals surface area contributed by atoms with Crippen LogP contribution in [0.25, 0.3) is 0 Å². The number of benzene rings is 1. The normalized spacial score (nSPS) is 19.2. The molecular formula is C13H16ClF2N. The average Bonchev–Trinajstić information content (AvgIpc) is 2.35. The van der Waals surface area contributed by atoms with Crippen LogP contribution in [0.2, 0.25) is 5.02 Å². The van der Waals surface area contributed by atoms with Crippen LogP contribution in [0.1, 0.15) is 18.4 Å². The predicted octanol–water partition coefficient (Wildman–Crippen LogP) is 3.36. The summed E-state index contributed by atoms with van der Waals surface area (Å²) < 4.78 is 27.1. The molecule has 0 radical (unpaired) electrons. The lowest BCUT2D eigenvalue weighted by Crippen LogP contribution is -2.33. The molecule has 17 heavy (non-hydrogen) atoms. The van der Waals surface area contributed by atoms with Crippen LogP contribution in [-0.4, -0.2) is 19.3 Å². The van der Waals surface area contributed by atoms with Gasteiger partial charge in [0.05, 0.1) is 0 Å². The van der Waals surface area contributed by atoms with E-state index in [2.05, 4.69) is 5.32 Å². The zero-order valence-corrected chi connectivity index (χ0v) is 10.3. The third-order valence-electron chi connectivity index (χ3n) is 3.32. The van der Waals surface area contributed by atoms with Gasteiger partial charge in [0.15, 0.2) is 0 Å². The van der Waals surface area contributed by atoms with Crippen molar-refractivity contribution in [3.63, 3.8) is 0 Å². The molecule has 1 fully saturated rings. The zero-order chi connectivity index (χ0) is 12.3. The highest BCUT2D eigenvalue weighted by Gasteiger charge is 2.24.